The maximum atomic E-state index is 13.0. The molecule has 0 rings (SSSR count). The summed E-state index contributed by atoms with van der Waals surface area (Å²) in [5, 5.41) is 10.6. The summed E-state index contributed by atoms with van der Waals surface area (Å²) < 4.78 is 68.0. The highest BCUT2D eigenvalue weighted by molar-refractivity contribution is 7.47. The number of esters is 4. The summed E-state index contributed by atoms with van der Waals surface area (Å²) in [6, 6.07) is 0. The number of phosphoric acid groups is 2. The molecule has 0 aliphatic rings. The van der Waals surface area contributed by atoms with Crippen molar-refractivity contribution < 1.29 is 80.2 Å². The number of aliphatic hydroxyl groups excluding tert-OH is 1. The maximum Gasteiger partial charge on any atom is 0.472 e. The highest BCUT2D eigenvalue weighted by atomic mass is 31.2. The number of allylic oxidation sites excluding steroid dienone is 8. The molecule has 19 heteroatoms. The third-order valence-electron chi connectivity index (χ3n) is 14.8. The van der Waals surface area contributed by atoms with Crippen LogP contribution in [0.2, 0.25) is 0 Å². The molecule has 5 atom stereocenters. The van der Waals surface area contributed by atoms with Crippen molar-refractivity contribution in [2.24, 2.45) is 5.92 Å². The number of rotatable bonds is 65. The van der Waals surface area contributed by atoms with Crippen LogP contribution in [0, 0.1) is 5.92 Å². The third-order valence-corrected chi connectivity index (χ3v) is 16.7. The van der Waals surface area contributed by atoms with Crippen molar-refractivity contribution in [3.8, 4) is 0 Å². The van der Waals surface area contributed by atoms with E-state index in [1.807, 2.05) is 0 Å². The Hall–Kier alpha value is -2.98. The van der Waals surface area contributed by atoms with E-state index >= 15 is 0 Å². The second kappa shape index (κ2) is 61.5. The first kappa shape index (κ1) is 85.0. The summed E-state index contributed by atoms with van der Waals surface area (Å²) in [5.41, 5.74) is 0. The molecule has 0 spiro atoms. The lowest BCUT2D eigenvalue weighted by molar-refractivity contribution is -0.161. The number of carbonyl (C=O) groups is 4. The number of hydrogen-bond acceptors (Lipinski definition) is 15. The first-order chi connectivity index (χ1) is 42.5. The van der Waals surface area contributed by atoms with Gasteiger partial charge in [-0.05, 0) is 83.0 Å². The summed E-state index contributed by atoms with van der Waals surface area (Å²) >= 11 is 0. The monoisotopic (exact) mass is 1290 g/mol. The van der Waals surface area contributed by atoms with E-state index in [2.05, 4.69) is 83.2 Å². The summed E-state index contributed by atoms with van der Waals surface area (Å²) in [4.78, 5) is 72.3. The van der Waals surface area contributed by atoms with E-state index in [9.17, 15) is 43.2 Å². The van der Waals surface area contributed by atoms with Gasteiger partial charge in [0.2, 0.25) is 0 Å². The Bertz CT molecular complexity index is 1890. The van der Waals surface area contributed by atoms with Crippen LogP contribution in [0.3, 0.4) is 0 Å². The van der Waals surface area contributed by atoms with E-state index in [-0.39, 0.29) is 25.7 Å². The van der Waals surface area contributed by atoms with Crippen LogP contribution in [0.5, 0.6) is 0 Å². The minimum atomic E-state index is -4.96. The summed E-state index contributed by atoms with van der Waals surface area (Å²) in [5.74, 6) is -1.48. The average molecular weight is 1290 g/mol. The third kappa shape index (κ3) is 61.9. The van der Waals surface area contributed by atoms with Gasteiger partial charge in [0.1, 0.15) is 19.3 Å². The van der Waals surface area contributed by atoms with Gasteiger partial charge >= 0.3 is 39.5 Å². The Morgan fingerprint density at radius 1 is 0.352 bits per heavy atom. The SMILES string of the molecule is CCCCCC/C=C\C=C/CCCCCCCC(=O)OC[C@H](COP(=O)(O)OC[C@@H](O)COP(=O)(O)OC[C@@H](COC(=O)CCCCCCCCC)OC(=O)CCCCCCCCCCC(C)C)OC(=O)CCCCCCC/C=C\C=C/CCCCCC. The molecule has 2 unspecified atom stereocenters. The van der Waals surface area contributed by atoms with Crippen LogP contribution in [0.1, 0.15) is 304 Å². The van der Waals surface area contributed by atoms with E-state index in [0.717, 1.165) is 135 Å². The van der Waals surface area contributed by atoms with E-state index in [1.54, 1.807) is 0 Å². The van der Waals surface area contributed by atoms with Crippen LogP contribution >= 0.6 is 15.6 Å². The van der Waals surface area contributed by atoms with Gasteiger partial charge in [-0.25, -0.2) is 9.13 Å². The number of ether oxygens (including phenoxy) is 4. The molecule has 0 aliphatic carbocycles. The van der Waals surface area contributed by atoms with Gasteiger partial charge in [-0.2, -0.15) is 0 Å². The van der Waals surface area contributed by atoms with Crippen molar-refractivity contribution in [2.45, 2.75) is 323 Å². The molecule has 88 heavy (non-hydrogen) atoms. The molecule has 0 bridgehead atoms. The van der Waals surface area contributed by atoms with Gasteiger partial charge in [0, 0.05) is 25.7 Å². The van der Waals surface area contributed by atoms with Crippen LogP contribution in [0.25, 0.3) is 0 Å². The number of hydrogen-bond donors (Lipinski definition) is 3. The Labute approximate surface area is 534 Å². The molecule has 0 radical (unpaired) electrons. The van der Waals surface area contributed by atoms with Crippen LogP contribution in [-0.4, -0.2) is 96.7 Å². The Kier molecular flexibility index (Phi) is 59.4. The van der Waals surface area contributed by atoms with Gasteiger partial charge in [-0.15, -0.1) is 0 Å². The molecule has 0 heterocycles. The Morgan fingerprint density at radius 3 is 0.932 bits per heavy atom. The molecule has 0 aromatic rings. The quantitative estimate of drug-likeness (QED) is 0.0169. The molecule has 0 aliphatic heterocycles. The Morgan fingerprint density at radius 2 is 0.614 bits per heavy atom. The van der Waals surface area contributed by atoms with Crippen molar-refractivity contribution >= 4 is 39.5 Å². The van der Waals surface area contributed by atoms with E-state index in [0.29, 0.717) is 31.6 Å². The molecule has 0 saturated carbocycles. The lowest BCUT2D eigenvalue weighted by Gasteiger charge is -2.21. The Balaban J connectivity index is 5.29. The number of unbranched alkanes of at least 4 members (excludes halogenated alkanes) is 31. The summed E-state index contributed by atoms with van der Waals surface area (Å²) in [6.07, 6.45) is 53.1. The van der Waals surface area contributed by atoms with E-state index in [4.69, 9.17) is 37.0 Å². The highest BCUT2D eigenvalue weighted by Gasteiger charge is 2.30. The lowest BCUT2D eigenvalue weighted by atomic mass is 10.0. The van der Waals surface area contributed by atoms with Crippen LogP contribution in [0.4, 0.5) is 0 Å². The number of aliphatic hydroxyl groups is 1. The van der Waals surface area contributed by atoms with Gasteiger partial charge in [0.25, 0.3) is 0 Å². The molecular formula is C69H126O17P2. The fraction of sp³-hybridized carbons (Fsp3) is 0.826. The highest BCUT2D eigenvalue weighted by Crippen LogP contribution is 2.45. The number of phosphoric ester groups is 2. The zero-order valence-electron chi connectivity index (χ0n) is 55.8. The molecular weight excluding hydrogens is 1160 g/mol. The normalized spacial score (nSPS) is 14.5. The zero-order valence-corrected chi connectivity index (χ0v) is 57.6. The van der Waals surface area contributed by atoms with E-state index in [1.165, 1.54) is 83.5 Å². The molecule has 514 valence electrons. The minimum Gasteiger partial charge on any atom is -0.462 e. The van der Waals surface area contributed by atoms with Crippen molar-refractivity contribution in [1.82, 2.24) is 0 Å². The van der Waals surface area contributed by atoms with Gasteiger partial charge < -0.3 is 33.8 Å². The average Bonchev–Trinajstić information content (AvgIpc) is 3.60. The number of carbonyl (C=O) groups excluding carboxylic acids is 4. The van der Waals surface area contributed by atoms with Crippen LogP contribution in [0.15, 0.2) is 48.6 Å². The summed E-state index contributed by atoms with van der Waals surface area (Å²) in [6.45, 7) is 7.01. The van der Waals surface area contributed by atoms with Crippen LogP contribution in [-0.2, 0) is 65.4 Å². The molecule has 0 aromatic carbocycles. The smallest absolute Gasteiger partial charge is 0.462 e. The van der Waals surface area contributed by atoms with Crippen molar-refractivity contribution in [3.63, 3.8) is 0 Å². The second-order valence-corrected chi connectivity index (χ2v) is 26.9. The predicted octanol–water partition coefficient (Wildman–Crippen LogP) is 18.8. The fourth-order valence-electron chi connectivity index (χ4n) is 9.39. The van der Waals surface area contributed by atoms with Crippen molar-refractivity contribution in [1.29, 1.82) is 0 Å². The lowest BCUT2D eigenvalue weighted by Crippen LogP contribution is -2.30. The predicted molar refractivity (Wildman–Crippen MR) is 353 cm³/mol. The minimum absolute atomic E-state index is 0.0780. The van der Waals surface area contributed by atoms with E-state index < -0.39 is 97.5 Å². The van der Waals surface area contributed by atoms with Gasteiger partial charge in [-0.1, -0.05) is 250 Å². The maximum absolute atomic E-state index is 13.0. The first-order valence-electron chi connectivity index (χ1n) is 34.8. The zero-order chi connectivity index (χ0) is 64.9. The van der Waals surface area contributed by atoms with Crippen LogP contribution < -0.4 is 0 Å². The standard InChI is InChI=1S/C69H126O17P2/c1-6-9-12-15-18-20-22-24-26-28-30-32-38-43-48-53-67(72)80-59-65(85-68(73)54-49-44-39-33-31-29-27-25-23-21-19-16-13-10-7-2)61-84-88(77,78)82-57-63(70)56-81-87(75,76)83-60-64(58-79-66(71)52-47-42-36-17-14-11-8-3)86-69(74)55-50-45-40-35-34-37-41-46-51-62(4)5/h20-27,62-65,70H,6-19,28-61H2,1-5H3,(H,75,76)(H,77,78)/b22-20-,23-21-,26-24-,27-25-/t63-,64+,65+/m0/s1. The van der Waals surface area contributed by atoms with Gasteiger partial charge in [0.05, 0.1) is 26.4 Å². The largest absolute Gasteiger partial charge is 0.472 e. The molecule has 0 saturated heterocycles. The molecule has 0 fully saturated rings. The molecule has 17 nitrogen and oxygen atoms in total. The van der Waals surface area contributed by atoms with Gasteiger partial charge in [-0.3, -0.25) is 37.3 Å². The molecule has 0 aromatic heterocycles. The molecule has 0 amide bonds. The van der Waals surface area contributed by atoms with Crippen molar-refractivity contribution in [2.75, 3.05) is 39.6 Å². The second-order valence-electron chi connectivity index (χ2n) is 24.0. The fourth-order valence-corrected chi connectivity index (χ4v) is 11.0. The van der Waals surface area contributed by atoms with Crippen molar-refractivity contribution in [3.05, 3.63) is 48.6 Å². The first-order valence-corrected chi connectivity index (χ1v) is 37.8. The van der Waals surface area contributed by atoms with Gasteiger partial charge in [0.15, 0.2) is 12.2 Å². The molecule has 3 N–H and O–H groups in total. The topological polar surface area (TPSA) is 237 Å². The summed E-state index contributed by atoms with van der Waals surface area (Å²) in [7, 11) is -9.92.